The standard InChI is InChI=1S/C13H23NO2/c15-9-12-4-7-14(8-12)10-13(11-16)5-2-1-3-6-13/h11-12,15H,1-10H2. The van der Waals surface area contributed by atoms with Gasteiger partial charge in [0.1, 0.15) is 6.29 Å². The number of carbonyl (C=O) groups is 1. The van der Waals surface area contributed by atoms with Crippen LogP contribution < -0.4 is 0 Å². The van der Waals surface area contributed by atoms with Gasteiger partial charge in [-0.1, -0.05) is 19.3 Å². The zero-order chi connectivity index (χ0) is 11.4. The van der Waals surface area contributed by atoms with E-state index < -0.39 is 0 Å². The van der Waals surface area contributed by atoms with Crippen molar-refractivity contribution in [3.8, 4) is 0 Å². The molecular weight excluding hydrogens is 202 g/mol. The molecule has 0 aromatic heterocycles. The van der Waals surface area contributed by atoms with Crippen molar-refractivity contribution in [3.63, 3.8) is 0 Å². The summed E-state index contributed by atoms with van der Waals surface area (Å²) in [4.78, 5) is 13.7. The first-order chi connectivity index (χ1) is 7.78. The highest BCUT2D eigenvalue weighted by Crippen LogP contribution is 2.36. The fourth-order valence-electron chi connectivity index (χ4n) is 3.22. The molecule has 0 bridgehead atoms. The molecule has 0 amide bonds. The molecule has 2 rings (SSSR count). The summed E-state index contributed by atoms with van der Waals surface area (Å²) in [5.74, 6) is 0.437. The van der Waals surface area contributed by atoms with E-state index in [1.54, 1.807) is 0 Å². The van der Waals surface area contributed by atoms with Crippen molar-refractivity contribution >= 4 is 6.29 Å². The number of rotatable bonds is 4. The summed E-state index contributed by atoms with van der Waals surface area (Å²) < 4.78 is 0. The molecule has 0 aromatic carbocycles. The highest BCUT2D eigenvalue weighted by Gasteiger charge is 2.35. The normalized spacial score (nSPS) is 30.4. The van der Waals surface area contributed by atoms with Crippen molar-refractivity contribution in [1.82, 2.24) is 4.90 Å². The number of aldehydes is 1. The van der Waals surface area contributed by atoms with Gasteiger partial charge in [-0.2, -0.15) is 0 Å². The summed E-state index contributed by atoms with van der Waals surface area (Å²) in [5, 5.41) is 9.11. The Morgan fingerprint density at radius 1 is 1.31 bits per heavy atom. The van der Waals surface area contributed by atoms with E-state index in [0.29, 0.717) is 12.5 Å². The molecule has 1 aliphatic carbocycles. The maximum absolute atomic E-state index is 11.3. The molecule has 1 saturated carbocycles. The van der Waals surface area contributed by atoms with Crippen LogP contribution in [0.25, 0.3) is 0 Å². The van der Waals surface area contributed by atoms with Gasteiger partial charge >= 0.3 is 0 Å². The number of hydrogen-bond donors (Lipinski definition) is 1. The number of aliphatic hydroxyl groups is 1. The molecule has 0 spiro atoms. The highest BCUT2D eigenvalue weighted by atomic mass is 16.3. The van der Waals surface area contributed by atoms with Crippen LogP contribution in [0.1, 0.15) is 38.5 Å². The van der Waals surface area contributed by atoms with Crippen molar-refractivity contribution < 1.29 is 9.90 Å². The SMILES string of the molecule is O=CC1(CN2CCC(CO)C2)CCCCC1. The molecule has 2 fully saturated rings. The van der Waals surface area contributed by atoms with Crippen LogP contribution in [0, 0.1) is 11.3 Å². The molecule has 1 N–H and O–H groups in total. The van der Waals surface area contributed by atoms with Gasteiger partial charge in [0, 0.05) is 25.1 Å². The van der Waals surface area contributed by atoms with E-state index in [1.165, 1.54) is 25.5 Å². The number of aliphatic hydroxyl groups excluding tert-OH is 1. The quantitative estimate of drug-likeness (QED) is 0.736. The minimum absolute atomic E-state index is 0.0669. The Hall–Kier alpha value is -0.410. The van der Waals surface area contributed by atoms with E-state index in [2.05, 4.69) is 4.90 Å². The molecule has 92 valence electrons. The Morgan fingerprint density at radius 2 is 2.06 bits per heavy atom. The zero-order valence-electron chi connectivity index (χ0n) is 10.0. The third-order valence-corrected chi connectivity index (χ3v) is 4.27. The van der Waals surface area contributed by atoms with Gasteiger partial charge < -0.3 is 14.8 Å². The first kappa shape index (κ1) is 12.1. The minimum Gasteiger partial charge on any atom is -0.396 e. The zero-order valence-corrected chi connectivity index (χ0v) is 10.0. The van der Waals surface area contributed by atoms with Gasteiger partial charge in [0.05, 0.1) is 0 Å². The van der Waals surface area contributed by atoms with Crippen LogP contribution in [0.15, 0.2) is 0 Å². The molecule has 0 aromatic rings. The average molecular weight is 225 g/mol. The van der Waals surface area contributed by atoms with Gasteiger partial charge in [-0.05, 0) is 31.7 Å². The fourth-order valence-corrected chi connectivity index (χ4v) is 3.22. The number of hydrogen-bond acceptors (Lipinski definition) is 3. The predicted octanol–water partition coefficient (Wildman–Crippen LogP) is 1.45. The average Bonchev–Trinajstić information content (AvgIpc) is 2.78. The van der Waals surface area contributed by atoms with E-state index in [1.807, 2.05) is 0 Å². The summed E-state index contributed by atoms with van der Waals surface area (Å²) in [6.07, 6.45) is 8.12. The lowest BCUT2D eigenvalue weighted by Crippen LogP contribution is -2.39. The van der Waals surface area contributed by atoms with Crippen molar-refractivity contribution in [2.75, 3.05) is 26.2 Å². The summed E-state index contributed by atoms with van der Waals surface area (Å²) in [7, 11) is 0. The maximum Gasteiger partial charge on any atom is 0.127 e. The Bertz CT molecular complexity index is 236. The van der Waals surface area contributed by atoms with Crippen LogP contribution in [0.3, 0.4) is 0 Å². The van der Waals surface area contributed by atoms with Crippen molar-refractivity contribution in [2.45, 2.75) is 38.5 Å². The largest absolute Gasteiger partial charge is 0.396 e. The molecular formula is C13H23NO2. The molecule has 0 radical (unpaired) electrons. The van der Waals surface area contributed by atoms with Gasteiger partial charge in [-0.15, -0.1) is 0 Å². The summed E-state index contributed by atoms with van der Waals surface area (Å²) >= 11 is 0. The second-order valence-corrected chi connectivity index (χ2v) is 5.61. The van der Waals surface area contributed by atoms with Crippen LogP contribution in [-0.4, -0.2) is 42.5 Å². The van der Waals surface area contributed by atoms with E-state index in [-0.39, 0.29) is 5.41 Å². The van der Waals surface area contributed by atoms with Crippen molar-refractivity contribution in [3.05, 3.63) is 0 Å². The summed E-state index contributed by atoms with van der Waals surface area (Å²) in [5.41, 5.74) is -0.0669. The Labute approximate surface area is 97.8 Å². The van der Waals surface area contributed by atoms with Crippen LogP contribution >= 0.6 is 0 Å². The van der Waals surface area contributed by atoms with Gasteiger partial charge in [-0.3, -0.25) is 0 Å². The second kappa shape index (κ2) is 5.28. The molecule has 1 saturated heterocycles. The monoisotopic (exact) mass is 225 g/mol. The number of likely N-dealkylation sites (tertiary alicyclic amines) is 1. The van der Waals surface area contributed by atoms with E-state index in [0.717, 1.165) is 38.9 Å². The lowest BCUT2D eigenvalue weighted by atomic mass is 9.75. The number of carbonyl (C=O) groups excluding carboxylic acids is 1. The van der Waals surface area contributed by atoms with Crippen molar-refractivity contribution in [2.24, 2.45) is 11.3 Å². The van der Waals surface area contributed by atoms with Crippen LogP contribution in [0.2, 0.25) is 0 Å². The maximum atomic E-state index is 11.3. The lowest BCUT2D eigenvalue weighted by molar-refractivity contribution is -0.119. The molecule has 1 unspecified atom stereocenters. The van der Waals surface area contributed by atoms with E-state index >= 15 is 0 Å². The topological polar surface area (TPSA) is 40.5 Å². The fraction of sp³-hybridized carbons (Fsp3) is 0.923. The Morgan fingerprint density at radius 3 is 2.62 bits per heavy atom. The van der Waals surface area contributed by atoms with Gasteiger partial charge in [0.2, 0.25) is 0 Å². The molecule has 2 aliphatic rings. The number of nitrogens with zero attached hydrogens (tertiary/aromatic N) is 1. The van der Waals surface area contributed by atoms with Crippen LogP contribution in [0.5, 0.6) is 0 Å². The summed E-state index contributed by atoms with van der Waals surface area (Å²) in [6, 6.07) is 0. The molecule has 1 aliphatic heterocycles. The molecule has 1 atom stereocenters. The van der Waals surface area contributed by atoms with E-state index in [9.17, 15) is 4.79 Å². The predicted molar refractivity (Wildman–Crippen MR) is 63.2 cm³/mol. The van der Waals surface area contributed by atoms with Crippen molar-refractivity contribution in [1.29, 1.82) is 0 Å². The first-order valence-electron chi connectivity index (χ1n) is 6.57. The Kier molecular flexibility index (Phi) is 3.98. The van der Waals surface area contributed by atoms with E-state index in [4.69, 9.17) is 5.11 Å². The third kappa shape index (κ3) is 2.64. The second-order valence-electron chi connectivity index (χ2n) is 5.61. The minimum atomic E-state index is -0.0669. The van der Waals surface area contributed by atoms with Gasteiger partial charge in [0.15, 0.2) is 0 Å². The van der Waals surface area contributed by atoms with Gasteiger partial charge in [0.25, 0.3) is 0 Å². The third-order valence-electron chi connectivity index (χ3n) is 4.27. The Balaban J connectivity index is 1.89. The van der Waals surface area contributed by atoms with Gasteiger partial charge in [-0.25, -0.2) is 0 Å². The molecule has 3 heteroatoms. The molecule has 3 nitrogen and oxygen atoms in total. The molecule has 1 heterocycles. The van der Waals surface area contributed by atoms with Crippen LogP contribution in [0.4, 0.5) is 0 Å². The highest BCUT2D eigenvalue weighted by molar-refractivity contribution is 5.60. The smallest absolute Gasteiger partial charge is 0.127 e. The molecule has 16 heavy (non-hydrogen) atoms. The van der Waals surface area contributed by atoms with Crippen LogP contribution in [-0.2, 0) is 4.79 Å². The lowest BCUT2D eigenvalue weighted by Gasteiger charge is -2.35. The summed E-state index contributed by atoms with van der Waals surface area (Å²) in [6.45, 7) is 3.25. The first-order valence-corrected chi connectivity index (χ1v) is 6.57.